The highest BCUT2D eigenvalue weighted by atomic mass is 16.3. The first kappa shape index (κ1) is 16.6. The van der Waals surface area contributed by atoms with Crippen LogP contribution in [0.1, 0.15) is 29.7 Å². The van der Waals surface area contributed by atoms with Gasteiger partial charge in [0.2, 0.25) is 0 Å². The van der Waals surface area contributed by atoms with Crippen LogP contribution in [0.4, 0.5) is 0 Å². The van der Waals surface area contributed by atoms with Gasteiger partial charge in [-0.1, -0.05) is 36.4 Å². The predicted octanol–water partition coefficient (Wildman–Crippen LogP) is 4.77. The Hall–Kier alpha value is -2.52. The first-order valence-corrected chi connectivity index (χ1v) is 10.1. The topological polar surface area (TPSA) is 39.3 Å². The van der Waals surface area contributed by atoms with Gasteiger partial charge in [-0.05, 0) is 66.5 Å². The zero-order valence-corrected chi connectivity index (χ0v) is 15.6. The van der Waals surface area contributed by atoms with Crippen LogP contribution in [-0.4, -0.2) is 34.6 Å². The number of nitrogens with zero attached hydrogens (tertiary/aromatic N) is 1. The summed E-state index contributed by atoms with van der Waals surface area (Å²) in [7, 11) is 0. The summed E-state index contributed by atoms with van der Waals surface area (Å²) in [4.78, 5) is 6.19. The number of phenols is 1. The van der Waals surface area contributed by atoms with E-state index in [0.717, 1.165) is 44.4 Å². The van der Waals surface area contributed by atoms with Gasteiger partial charge in [-0.15, -0.1) is 0 Å². The predicted molar refractivity (Wildman–Crippen MR) is 111 cm³/mol. The molecule has 2 N–H and O–H groups in total. The summed E-state index contributed by atoms with van der Waals surface area (Å²) in [5, 5.41) is 11.1. The van der Waals surface area contributed by atoms with Crippen molar-refractivity contribution in [2.24, 2.45) is 5.92 Å². The molecule has 3 heteroatoms. The summed E-state index contributed by atoms with van der Waals surface area (Å²) in [6.07, 6.45) is 7.02. The molecule has 0 fully saturated rings. The smallest absolute Gasteiger partial charge is 0.116 e. The minimum Gasteiger partial charge on any atom is -0.508 e. The highest BCUT2D eigenvalue weighted by Gasteiger charge is 2.25. The van der Waals surface area contributed by atoms with Gasteiger partial charge in [-0.2, -0.15) is 0 Å². The van der Waals surface area contributed by atoms with Crippen molar-refractivity contribution in [3.05, 3.63) is 71.4 Å². The molecule has 1 aliphatic carbocycles. The molecule has 1 unspecified atom stereocenters. The molecular formula is C24H26N2O. The molecular weight excluding hydrogens is 332 g/mol. The van der Waals surface area contributed by atoms with Crippen molar-refractivity contribution in [2.75, 3.05) is 19.6 Å². The zero-order valence-electron chi connectivity index (χ0n) is 15.6. The molecule has 2 aromatic carbocycles. The van der Waals surface area contributed by atoms with Crippen molar-refractivity contribution in [3.8, 4) is 5.75 Å². The number of hydrogen-bond donors (Lipinski definition) is 2. The molecule has 1 aromatic heterocycles. The Labute approximate surface area is 160 Å². The first-order valence-electron chi connectivity index (χ1n) is 10.1. The third kappa shape index (κ3) is 3.28. The van der Waals surface area contributed by atoms with Gasteiger partial charge in [-0.3, -0.25) is 4.90 Å². The van der Waals surface area contributed by atoms with Crippen LogP contribution >= 0.6 is 0 Å². The van der Waals surface area contributed by atoms with Crippen molar-refractivity contribution in [1.82, 2.24) is 9.88 Å². The molecule has 0 bridgehead atoms. The van der Waals surface area contributed by atoms with Gasteiger partial charge < -0.3 is 10.1 Å². The number of aryl methyl sites for hydroxylation is 1. The molecule has 0 saturated carbocycles. The highest BCUT2D eigenvalue weighted by molar-refractivity contribution is 5.86. The van der Waals surface area contributed by atoms with E-state index in [2.05, 4.69) is 46.3 Å². The Bertz CT molecular complexity index is 986. The van der Waals surface area contributed by atoms with Crippen LogP contribution in [0.3, 0.4) is 0 Å². The van der Waals surface area contributed by atoms with E-state index in [0.29, 0.717) is 11.7 Å². The normalized spacial score (nSPS) is 20.4. The molecule has 1 aliphatic heterocycles. The maximum absolute atomic E-state index is 9.89. The van der Waals surface area contributed by atoms with Crippen LogP contribution < -0.4 is 0 Å². The van der Waals surface area contributed by atoms with Gasteiger partial charge in [-0.25, -0.2) is 0 Å². The molecule has 2 heterocycles. The van der Waals surface area contributed by atoms with Gasteiger partial charge in [0.05, 0.1) is 0 Å². The lowest BCUT2D eigenvalue weighted by Crippen LogP contribution is -2.35. The third-order valence-corrected chi connectivity index (χ3v) is 6.16. The first-order chi connectivity index (χ1) is 13.3. The van der Waals surface area contributed by atoms with Crippen LogP contribution in [0.5, 0.6) is 5.75 Å². The Morgan fingerprint density at radius 3 is 2.89 bits per heavy atom. The molecule has 3 nitrogen and oxygen atoms in total. The van der Waals surface area contributed by atoms with Crippen LogP contribution in [0, 0.1) is 5.92 Å². The molecule has 27 heavy (non-hydrogen) atoms. The number of nitrogens with one attached hydrogen (secondary N) is 1. The average Bonchev–Trinajstić information content (AvgIpc) is 3.06. The van der Waals surface area contributed by atoms with Crippen LogP contribution in [0.2, 0.25) is 0 Å². The van der Waals surface area contributed by atoms with Gasteiger partial charge in [0.25, 0.3) is 0 Å². The zero-order chi connectivity index (χ0) is 18.2. The molecule has 0 saturated heterocycles. The average molecular weight is 358 g/mol. The maximum atomic E-state index is 9.89. The maximum Gasteiger partial charge on any atom is 0.116 e. The molecule has 3 aromatic rings. The van der Waals surface area contributed by atoms with E-state index in [-0.39, 0.29) is 0 Å². The Morgan fingerprint density at radius 1 is 1.11 bits per heavy atom. The number of phenolic OH excluding ortho intramolecular Hbond substituents is 1. The number of aromatic hydroxyl groups is 1. The number of H-pyrrole nitrogens is 1. The number of hydrogen-bond acceptors (Lipinski definition) is 2. The van der Waals surface area contributed by atoms with E-state index < -0.39 is 0 Å². The van der Waals surface area contributed by atoms with E-state index in [4.69, 9.17) is 0 Å². The van der Waals surface area contributed by atoms with E-state index >= 15 is 0 Å². The number of aromatic amines is 1. The van der Waals surface area contributed by atoms with E-state index in [9.17, 15) is 5.11 Å². The molecule has 1 atom stereocenters. The van der Waals surface area contributed by atoms with Crippen molar-refractivity contribution < 1.29 is 5.11 Å². The lowest BCUT2D eigenvalue weighted by atomic mass is 9.85. The lowest BCUT2D eigenvalue weighted by molar-refractivity contribution is 0.240. The van der Waals surface area contributed by atoms with Crippen LogP contribution in [0.15, 0.2) is 54.6 Å². The quantitative estimate of drug-likeness (QED) is 0.708. The largest absolute Gasteiger partial charge is 0.508 e. The molecule has 0 amide bonds. The van der Waals surface area contributed by atoms with Gasteiger partial charge >= 0.3 is 0 Å². The van der Waals surface area contributed by atoms with E-state index in [1.54, 1.807) is 6.07 Å². The highest BCUT2D eigenvalue weighted by Crippen LogP contribution is 2.34. The summed E-state index contributed by atoms with van der Waals surface area (Å²) in [6, 6.07) is 16.5. The van der Waals surface area contributed by atoms with E-state index in [1.807, 2.05) is 12.1 Å². The monoisotopic (exact) mass is 358 g/mol. The fourth-order valence-electron chi connectivity index (χ4n) is 4.82. The van der Waals surface area contributed by atoms with Gasteiger partial charge in [0.15, 0.2) is 0 Å². The van der Waals surface area contributed by atoms with Crippen LogP contribution in [0.25, 0.3) is 16.5 Å². The summed E-state index contributed by atoms with van der Waals surface area (Å²) in [5.74, 6) is 1.05. The number of aromatic nitrogens is 1. The minimum atomic E-state index is 0.361. The summed E-state index contributed by atoms with van der Waals surface area (Å²) in [6.45, 7) is 3.38. The van der Waals surface area contributed by atoms with Gasteiger partial charge in [0.1, 0.15) is 5.75 Å². The van der Waals surface area contributed by atoms with Crippen molar-refractivity contribution in [1.29, 1.82) is 0 Å². The Kier molecular flexibility index (Phi) is 4.25. The summed E-state index contributed by atoms with van der Waals surface area (Å²) >= 11 is 0. The number of fused-ring (bicyclic) bond motifs is 3. The van der Waals surface area contributed by atoms with E-state index in [1.165, 1.54) is 34.2 Å². The summed E-state index contributed by atoms with van der Waals surface area (Å²) < 4.78 is 0. The Morgan fingerprint density at radius 2 is 2.00 bits per heavy atom. The van der Waals surface area contributed by atoms with Crippen molar-refractivity contribution in [3.63, 3.8) is 0 Å². The summed E-state index contributed by atoms with van der Waals surface area (Å²) in [5.41, 5.74) is 6.78. The molecule has 2 aliphatic rings. The second kappa shape index (κ2) is 6.90. The molecule has 5 rings (SSSR count). The Balaban J connectivity index is 1.31. The minimum absolute atomic E-state index is 0.361. The fourth-order valence-corrected chi connectivity index (χ4v) is 4.82. The van der Waals surface area contributed by atoms with Crippen molar-refractivity contribution in [2.45, 2.75) is 25.7 Å². The van der Waals surface area contributed by atoms with Gasteiger partial charge in [0, 0.05) is 36.2 Å². The number of benzene rings is 2. The molecule has 0 spiro atoms. The van der Waals surface area contributed by atoms with Crippen molar-refractivity contribution >= 4 is 16.5 Å². The standard InChI is InChI=1S/C24H26N2O/c27-20-9-11-24-22(14-20)21-13-17(8-10-23(21)25-24)15-26-12-4-7-19(16-26)18-5-2-1-3-6-18/h1-3,5-7,9,11,14,17,25,27H,4,8,10,12-13,15-16H2. The molecule has 138 valence electrons. The second-order valence-electron chi connectivity index (χ2n) is 8.04. The lowest BCUT2D eigenvalue weighted by Gasteiger charge is -2.32. The van der Waals surface area contributed by atoms with Crippen LogP contribution in [-0.2, 0) is 12.8 Å². The third-order valence-electron chi connectivity index (χ3n) is 6.16. The molecule has 0 radical (unpaired) electrons. The second-order valence-corrected chi connectivity index (χ2v) is 8.04. The SMILES string of the molecule is Oc1ccc2[nH]c3c(c2c1)CC(CN1CCC=C(c2ccccc2)C1)CC3. The number of rotatable bonds is 3. The fraction of sp³-hybridized carbons (Fsp3) is 0.333.